The summed E-state index contributed by atoms with van der Waals surface area (Å²) in [5, 5.41) is 10.5. The van der Waals surface area contributed by atoms with Gasteiger partial charge in [-0.2, -0.15) is 0 Å². The minimum atomic E-state index is -0.602. The molecule has 0 unspecified atom stereocenters. The Balaban J connectivity index is 2.66. The third kappa shape index (κ3) is 0.698. The molecule has 0 radical (unpaired) electrons. The van der Waals surface area contributed by atoms with Crippen LogP contribution in [0.15, 0.2) is 34.0 Å². The Morgan fingerprint density at radius 1 is 1.42 bits per heavy atom. The number of allylic oxidation sites excluding steroid dienone is 5. The molecule has 0 spiro atoms. The molecule has 0 saturated carbocycles. The van der Waals surface area contributed by atoms with Crippen molar-refractivity contribution in [2.75, 3.05) is 0 Å². The van der Waals surface area contributed by atoms with Crippen LogP contribution in [0.4, 0.5) is 0 Å². The van der Waals surface area contributed by atoms with Gasteiger partial charge in [-0.15, -0.1) is 0 Å². The SMILES string of the molecule is O=C1C2=CC([N+](=O)[O-])=C1C(Cl)=C2. The van der Waals surface area contributed by atoms with Crippen LogP contribution in [0, 0.1) is 10.1 Å². The molecule has 0 heterocycles. The summed E-state index contributed by atoms with van der Waals surface area (Å²) in [7, 11) is 0. The molecule has 2 aliphatic carbocycles. The van der Waals surface area contributed by atoms with Gasteiger partial charge in [0.05, 0.1) is 9.96 Å². The molecule has 4 nitrogen and oxygen atoms in total. The van der Waals surface area contributed by atoms with Gasteiger partial charge in [0, 0.05) is 11.6 Å². The molecule has 60 valence electrons. The van der Waals surface area contributed by atoms with Gasteiger partial charge in [0.1, 0.15) is 5.57 Å². The van der Waals surface area contributed by atoms with Gasteiger partial charge in [-0.1, -0.05) is 11.6 Å². The number of rotatable bonds is 1. The summed E-state index contributed by atoms with van der Waals surface area (Å²) in [4.78, 5) is 20.9. The zero-order valence-electron chi connectivity index (χ0n) is 5.70. The lowest BCUT2D eigenvalue weighted by atomic mass is 10.2. The van der Waals surface area contributed by atoms with E-state index < -0.39 is 4.92 Å². The maximum atomic E-state index is 11.1. The lowest BCUT2D eigenvalue weighted by Crippen LogP contribution is -2.00. The normalized spacial score (nSPS) is 19.9. The third-order valence-corrected chi connectivity index (χ3v) is 2.05. The molecule has 0 aromatic carbocycles. The van der Waals surface area contributed by atoms with Crippen molar-refractivity contribution in [3.05, 3.63) is 44.1 Å². The summed E-state index contributed by atoms with van der Waals surface area (Å²) in [5.41, 5.74) is 0.140. The van der Waals surface area contributed by atoms with E-state index in [2.05, 4.69) is 0 Å². The first-order chi connectivity index (χ1) is 5.61. The molecular weight excluding hydrogens is 182 g/mol. The van der Waals surface area contributed by atoms with E-state index >= 15 is 0 Å². The molecule has 2 aliphatic rings. The van der Waals surface area contributed by atoms with Crippen LogP contribution in [0.5, 0.6) is 0 Å². The Labute approximate surface area is 72.0 Å². The van der Waals surface area contributed by atoms with Crippen molar-refractivity contribution in [2.24, 2.45) is 0 Å². The molecule has 0 fully saturated rings. The van der Waals surface area contributed by atoms with Gasteiger partial charge in [-0.05, 0) is 6.08 Å². The average molecular weight is 184 g/mol. The standard InChI is InChI=1S/C7H2ClNO3/c8-4-1-3-2-5(9(11)12)6(4)7(3)10/h1-2H. The molecule has 0 N–H and O–H groups in total. The Bertz CT molecular complexity index is 403. The van der Waals surface area contributed by atoms with Gasteiger partial charge >= 0.3 is 0 Å². The summed E-state index contributed by atoms with van der Waals surface area (Å²) < 4.78 is 0. The second-order valence-electron chi connectivity index (χ2n) is 2.44. The number of carbonyl (C=O) groups excluding carboxylic acids is 1. The molecule has 12 heavy (non-hydrogen) atoms. The number of Topliss-reactive ketones (excluding diaryl/α,β-unsaturated/α-hetero) is 1. The highest BCUT2D eigenvalue weighted by Crippen LogP contribution is 2.37. The van der Waals surface area contributed by atoms with Crippen LogP contribution < -0.4 is 0 Å². The first-order valence-electron chi connectivity index (χ1n) is 3.14. The van der Waals surface area contributed by atoms with E-state index in [9.17, 15) is 14.9 Å². The van der Waals surface area contributed by atoms with Crippen molar-refractivity contribution < 1.29 is 9.72 Å². The van der Waals surface area contributed by atoms with Gasteiger partial charge in [-0.3, -0.25) is 14.9 Å². The first-order valence-corrected chi connectivity index (χ1v) is 3.51. The maximum Gasteiger partial charge on any atom is 0.282 e. The molecule has 5 heteroatoms. The van der Waals surface area contributed by atoms with E-state index in [-0.39, 0.29) is 22.1 Å². The zero-order chi connectivity index (χ0) is 8.88. The second kappa shape index (κ2) is 2.04. The fraction of sp³-hybridized carbons (Fsp3) is 0. The van der Waals surface area contributed by atoms with Crippen LogP contribution in [-0.4, -0.2) is 10.7 Å². The van der Waals surface area contributed by atoms with E-state index in [1.54, 1.807) is 0 Å². The zero-order valence-corrected chi connectivity index (χ0v) is 6.46. The lowest BCUT2D eigenvalue weighted by molar-refractivity contribution is -0.419. The number of carbonyl (C=O) groups is 1. The van der Waals surface area contributed by atoms with Gasteiger partial charge in [0.2, 0.25) is 5.78 Å². The van der Waals surface area contributed by atoms with Crippen molar-refractivity contribution in [3.8, 4) is 0 Å². The van der Waals surface area contributed by atoms with Gasteiger partial charge in [0.25, 0.3) is 5.70 Å². The van der Waals surface area contributed by atoms with Gasteiger partial charge in [0.15, 0.2) is 0 Å². The second-order valence-corrected chi connectivity index (χ2v) is 2.85. The van der Waals surface area contributed by atoms with Crippen LogP contribution in [0.25, 0.3) is 0 Å². The van der Waals surface area contributed by atoms with Gasteiger partial charge < -0.3 is 0 Å². The summed E-state index contributed by atoms with van der Waals surface area (Å²) in [6, 6.07) is 0. The van der Waals surface area contributed by atoms with Crippen molar-refractivity contribution in [1.82, 2.24) is 0 Å². The Kier molecular flexibility index (Phi) is 1.23. The Hall–Kier alpha value is -1.42. The first kappa shape index (κ1) is 7.24. The molecule has 0 aliphatic heterocycles. The topological polar surface area (TPSA) is 60.2 Å². The third-order valence-electron chi connectivity index (χ3n) is 1.76. The van der Waals surface area contributed by atoms with Crippen LogP contribution in [0.1, 0.15) is 0 Å². The average Bonchev–Trinajstić information content (AvgIpc) is 2.42. The number of hydrogen-bond acceptors (Lipinski definition) is 3. The maximum absolute atomic E-state index is 11.1. The molecule has 2 rings (SSSR count). The van der Waals surface area contributed by atoms with Gasteiger partial charge in [-0.25, -0.2) is 0 Å². The largest absolute Gasteiger partial charge is 0.288 e. The van der Waals surface area contributed by atoms with E-state index in [1.807, 2.05) is 0 Å². The summed E-state index contributed by atoms with van der Waals surface area (Å²) in [6.07, 6.45) is 2.68. The van der Waals surface area contributed by atoms with Crippen molar-refractivity contribution in [3.63, 3.8) is 0 Å². The number of fused-ring (bicyclic) bond motifs is 2. The smallest absolute Gasteiger partial charge is 0.282 e. The van der Waals surface area contributed by atoms with E-state index in [4.69, 9.17) is 11.6 Å². The number of hydrogen-bond donors (Lipinski definition) is 0. The Morgan fingerprint density at radius 2 is 2.08 bits per heavy atom. The summed E-state index contributed by atoms with van der Waals surface area (Å²) in [5.74, 6) is -0.341. The molecule has 2 bridgehead atoms. The highest BCUT2D eigenvalue weighted by Gasteiger charge is 2.38. The Morgan fingerprint density at radius 3 is 2.42 bits per heavy atom. The van der Waals surface area contributed by atoms with Crippen molar-refractivity contribution in [1.29, 1.82) is 0 Å². The van der Waals surface area contributed by atoms with Crippen LogP contribution in [0.2, 0.25) is 0 Å². The summed E-state index contributed by atoms with van der Waals surface area (Å²) in [6.45, 7) is 0. The quantitative estimate of drug-likeness (QED) is 0.453. The lowest BCUT2D eigenvalue weighted by Gasteiger charge is -1.93. The minimum Gasteiger partial charge on any atom is -0.288 e. The molecule has 0 atom stereocenters. The van der Waals surface area contributed by atoms with E-state index in [1.165, 1.54) is 12.2 Å². The molecule has 0 aromatic heterocycles. The fourth-order valence-corrected chi connectivity index (χ4v) is 1.54. The van der Waals surface area contributed by atoms with Crippen LogP contribution in [-0.2, 0) is 4.79 Å². The fourth-order valence-electron chi connectivity index (χ4n) is 1.24. The van der Waals surface area contributed by atoms with Crippen molar-refractivity contribution in [2.45, 2.75) is 0 Å². The van der Waals surface area contributed by atoms with E-state index in [0.29, 0.717) is 5.57 Å². The molecule has 0 amide bonds. The van der Waals surface area contributed by atoms with Crippen molar-refractivity contribution >= 4 is 17.4 Å². The highest BCUT2D eigenvalue weighted by atomic mass is 35.5. The number of nitrogens with zero attached hydrogens (tertiary/aromatic N) is 1. The predicted molar refractivity (Wildman–Crippen MR) is 41.0 cm³/mol. The number of halogens is 1. The molecule has 0 saturated heterocycles. The molecular formula is C7H2ClNO3. The van der Waals surface area contributed by atoms with Crippen LogP contribution >= 0.6 is 11.6 Å². The number of ketones is 1. The van der Waals surface area contributed by atoms with E-state index in [0.717, 1.165) is 0 Å². The molecule has 0 aromatic rings. The minimum absolute atomic E-state index is 0.0247. The number of nitro groups is 1. The monoisotopic (exact) mass is 183 g/mol. The highest BCUT2D eigenvalue weighted by molar-refractivity contribution is 6.41. The predicted octanol–water partition coefficient (Wildman–Crippen LogP) is 1.16. The summed E-state index contributed by atoms with van der Waals surface area (Å²) >= 11 is 5.58. The van der Waals surface area contributed by atoms with Crippen LogP contribution in [0.3, 0.4) is 0 Å².